The number of ketones is 1. The van der Waals surface area contributed by atoms with Gasteiger partial charge in [0.15, 0.2) is 5.78 Å². The Labute approximate surface area is 141 Å². The molecule has 0 amide bonds. The van der Waals surface area contributed by atoms with Gasteiger partial charge in [0, 0.05) is 19.5 Å². The summed E-state index contributed by atoms with van der Waals surface area (Å²) in [6, 6.07) is 5.94. The first-order valence-electron chi connectivity index (χ1n) is 9.09. The molecule has 0 spiro atoms. The van der Waals surface area contributed by atoms with Gasteiger partial charge in [0.1, 0.15) is 5.75 Å². The number of piperidine rings is 1. The number of Topliss-reactive ketones (excluding diaryl/α,β-unsaturated/α-hetero) is 1. The Hall–Kier alpha value is -1.35. The highest BCUT2D eigenvalue weighted by atomic mass is 16.5. The van der Waals surface area contributed by atoms with E-state index in [2.05, 4.69) is 18.7 Å². The molecule has 3 heteroatoms. The van der Waals surface area contributed by atoms with Crippen LogP contribution in [0.4, 0.5) is 0 Å². The van der Waals surface area contributed by atoms with Crippen molar-refractivity contribution in [2.45, 2.75) is 52.9 Å². The quantitative estimate of drug-likeness (QED) is 0.523. The number of nitrogens with zero attached hydrogens (tertiary/aromatic N) is 1. The SMILES string of the molecule is CCCCOc1ccc(C)cc1C(=O)CCN1CCCC(C)C1. The Morgan fingerprint density at radius 2 is 2.22 bits per heavy atom. The molecule has 1 atom stereocenters. The lowest BCUT2D eigenvalue weighted by Crippen LogP contribution is -2.35. The van der Waals surface area contributed by atoms with Gasteiger partial charge in [-0.25, -0.2) is 0 Å². The number of ether oxygens (including phenoxy) is 1. The number of carbonyl (C=O) groups is 1. The summed E-state index contributed by atoms with van der Waals surface area (Å²) < 4.78 is 5.83. The molecule has 1 aliphatic heterocycles. The molecule has 128 valence electrons. The van der Waals surface area contributed by atoms with Crippen LogP contribution in [-0.2, 0) is 0 Å². The fourth-order valence-corrected chi connectivity index (χ4v) is 3.20. The first-order chi connectivity index (χ1) is 11.1. The van der Waals surface area contributed by atoms with E-state index >= 15 is 0 Å². The van der Waals surface area contributed by atoms with Gasteiger partial charge >= 0.3 is 0 Å². The topological polar surface area (TPSA) is 29.5 Å². The lowest BCUT2D eigenvalue weighted by molar-refractivity contribution is 0.0945. The Balaban J connectivity index is 1.95. The van der Waals surface area contributed by atoms with Crippen molar-refractivity contribution < 1.29 is 9.53 Å². The van der Waals surface area contributed by atoms with Gasteiger partial charge in [-0.2, -0.15) is 0 Å². The Morgan fingerprint density at radius 3 is 2.96 bits per heavy atom. The molecule has 0 N–H and O–H groups in total. The van der Waals surface area contributed by atoms with Crippen LogP contribution >= 0.6 is 0 Å². The molecule has 1 unspecified atom stereocenters. The third-order valence-corrected chi connectivity index (χ3v) is 4.59. The van der Waals surface area contributed by atoms with Crippen molar-refractivity contribution in [3.05, 3.63) is 29.3 Å². The van der Waals surface area contributed by atoms with Gasteiger partial charge in [0.25, 0.3) is 0 Å². The number of hydrogen-bond donors (Lipinski definition) is 0. The molecule has 0 radical (unpaired) electrons. The van der Waals surface area contributed by atoms with Gasteiger partial charge in [-0.15, -0.1) is 0 Å². The highest BCUT2D eigenvalue weighted by Crippen LogP contribution is 2.23. The standard InChI is InChI=1S/C20H31NO2/c1-4-5-13-23-20-9-8-16(2)14-18(20)19(22)10-12-21-11-6-7-17(3)15-21/h8-9,14,17H,4-7,10-13,15H2,1-3H3. The van der Waals surface area contributed by atoms with Crippen LogP contribution in [-0.4, -0.2) is 36.9 Å². The van der Waals surface area contributed by atoms with E-state index in [4.69, 9.17) is 4.74 Å². The maximum Gasteiger partial charge on any atom is 0.167 e. The van der Waals surface area contributed by atoms with Crippen LogP contribution in [0.1, 0.15) is 61.9 Å². The zero-order chi connectivity index (χ0) is 16.7. The number of unbranched alkanes of at least 4 members (excludes halogenated alkanes) is 1. The molecule has 1 aromatic carbocycles. The summed E-state index contributed by atoms with van der Waals surface area (Å²) in [5.74, 6) is 1.71. The molecule has 1 saturated heterocycles. The van der Waals surface area contributed by atoms with Gasteiger partial charge in [-0.05, 0) is 50.8 Å². The predicted molar refractivity (Wildman–Crippen MR) is 95.4 cm³/mol. The first-order valence-corrected chi connectivity index (χ1v) is 9.09. The summed E-state index contributed by atoms with van der Waals surface area (Å²) in [7, 11) is 0. The second-order valence-corrected chi connectivity index (χ2v) is 6.92. The van der Waals surface area contributed by atoms with E-state index in [0.717, 1.165) is 55.3 Å². The largest absolute Gasteiger partial charge is 0.493 e. The van der Waals surface area contributed by atoms with Crippen LogP contribution in [0.25, 0.3) is 0 Å². The smallest absolute Gasteiger partial charge is 0.167 e. The molecule has 0 aromatic heterocycles. The summed E-state index contributed by atoms with van der Waals surface area (Å²) in [6.07, 6.45) is 5.28. The number of benzene rings is 1. The van der Waals surface area contributed by atoms with Crippen LogP contribution in [0.2, 0.25) is 0 Å². The Morgan fingerprint density at radius 1 is 1.39 bits per heavy atom. The minimum atomic E-state index is 0.207. The summed E-state index contributed by atoms with van der Waals surface area (Å²) in [4.78, 5) is 15.1. The Kier molecular flexibility index (Phi) is 7.10. The molecule has 0 bridgehead atoms. The van der Waals surface area contributed by atoms with E-state index in [-0.39, 0.29) is 5.78 Å². The second-order valence-electron chi connectivity index (χ2n) is 6.92. The normalized spacial score (nSPS) is 18.8. The number of rotatable bonds is 8. The van der Waals surface area contributed by atoms with Crippen molar-refractivity contribution in [3.8, 4) is 5.75 Å². The van der Waals surface area contributed by atoms with Gasteiger partial charge in [-0.1, -0.05) is 31.9 Å². The molecular weight excluding hydrogens is 286 g/mol. The molecule has 23 heavy (non-hydrogen) atoms. The lowest BCUT2D eigenvalue weighted by atomic mass is 9.99. The summed E-state index contributed by atoms with van der Waals surface area (Å²) >= 11 is 0. The van der Waals surface area contributed by atoms with Gasteiger partial charge in [0.2, 0.25) is 0 Å². The fourth-order valence-electron chi connectivity index (χ4n) is 3.20. The average molecular weight is 317 g/mol. The van der Waals surface area contributed by atoms with Crippen molar-refractivity contribution in [1.29, 1.82) is 0 Å². The van der Waals surface area contributed by atoms with E-state index in [1.54, 1.807) is 0 Å². The van der Waals surface area contributed by atoms with Crippen LogP contribution < -0.4 is 4.74 Å². The Bertz CT molecular complexity index is 512. The average Bonchev–Trinajstić information content (AvgIpc) is 2.54. The maximum atomic E-state index is 12.7. The van der Waals surface area contributed by atoms with Crippen molar-refractivity contribution in [2.24, 2.45) is 5.92 Å². The van der Waals surface area contributed by atoms with Crippen LogP contribution in [0.3, 0.4) is 0 Å². The van der Waals surface area contributed by atoms with Crippen molar-refractivity contribution in [2.75, 3.05) is 26.2 Å². The van der Waals surface area contributed by atoms with E-state index in [9.17, 15) is 4.79 Å². The number of hydrogen-bond acceptors (Lipinski definition) is 3. The summed E-state index contributed by atoms with van der Waals surface area (Å²) in [5, 5.41) is 0. The third-order valence-electron chi connectivity index (χ3n) is 4.59. The molecule has 1 aliphatic rings. The van der Waals surface area contributed by atoms with Crippen LogP contribution in [0.5, 0.6) is 5.75 Å². The molecule has 1 fully saturated rings. The van der Waals surface area contributed by atoms with Crippen LogP contribution in [0.15, 0.2) is 18.2 Å². The molecule has 0 saturated carbocycles. The minimum Gasteiger partial charge on any atom is -0.493 e. The number of carbonyl (C=O) groups excluding carboxylic acids is 1. The zero-order valence-electron chi connectivity index (χ0n) is 14.9. The molecule has 1 aromatic rings. The van der Waals surface area contributed by atoms with Crippen molar-refractivity contribution in [1.82, 2.24) is 4.90 Å². The number of aryl methyl sites for hydroxylation is 1. The monoisotopic (exact) mass is 317 g/mol. The molecule has 3 nitrogen and oxygen atoms in total. The maximum absolute atomic E-state index is 12.7. The van der Waals surface area contributed by atoms with Crippen LogP contribution in [0, 0.1) is 12.8 Å². The van der Waals surface area contributed by atoms with Crippen molar-refractivity contribution >= 4 is 5.78 Å². The van der Waals surface area contributed by atoms with E-state index in [0.29, 0.717) is 13.0 Å². The summed E-state index contributed by atoms with van der Waals surface area (Å²) in [6.45, 7) is 10.3. The predicted octanol–water partition coefficient (Wildman–Crippen LogP) is 4.48. The molecular formula is C20H31NO2. The zero-order valence-corrected chi connectivity index (χ0v) is 14.9. The highest BCUT2D eigenvalue weighted by molar-refractivity contribution is 5.99. The lowest BCUT2D eigenvalue weighted by Gasteiger charge is -2.30. The summed E-state index contributed by atoms with van der Waals surface area (Å²) in [5.41, 5.74) is 1.87. The molecule has 2 rings (SSSR count). The van der Waals surface area contributed by atoms with E-state index in [1.165, 1.54) is 12.8 Å². The number of likely N-dealkylation sites (tertiary alicyclic amines) is 1. The van der Waals surface area contributed by atoms with Gasteiger partial charge in [0.05, 0.1) is 12.2 Å². The second kappa shape index (κ2) is 9.07. The van der Waals surface area contributed by atoms with E-state index < -0.39 is 0 Å². The molecule has 1 heterocycles. The van der Waals surface area contributed by atoms with Gasteiger partial charge in [-0.3, -0.25) is 4.79 Å². The molecule has 0 aliphatic carbocycles. The highest BCUT2D eigenvalue weighted by Gasteiger charge is 2.19. The van der Waals surface area contributed by atoms with Crippen molar-refractivity contribution in [3.63, 3.8) is 0 Å². The van der Waals surface area contributed by atoms with Gasteiger partial charge < -0.3 is 9.64 Å². The fraction of sp³-hybridized carbons (Fsp3) is 0.650. The minimum absolute atomic E-state index is 0.207. The first kappa shape index (κ1) is 18.0. The van der Waals surface area contributed by atoms with E-state index in [1.807, 2.05) is 25.1 Å². The third kappa shape index (κ3) is 5.65.